The van der Waals surface area contributed by atoms with E-state index in [2.05, 4.69) is 10.6 Å². The Morgan fingerprint density at radius 1 is 1.05 bits per heavy atom. The molecule has 0 radical (unpaired) electrons. The fourth-order valence-corrected chi connectivity index (χ4v) is 5.32. The number of nitro benzene ring substituents is 1. The van der Waals surface area contributed by atoms with E-state index >= 15 is 0 Å². The number of alkyl halides is 3. The molecule has 40 heavy (non-hydrogen) atoms. The Balaban J connectivity index is 1.17. The second-order valence-electron chi connectivity index (χ2n) is 10.4. The van der Waals surface area contributed by atoms with Crippen LogP contribution in [0.1, 0.15) is 55.2 Å². The van der Waals surface area contributed by atoms with Crippen molar-refractivity contribution in [2.45, 2.75) is 69.8 Å². The van der Waals surface area contributed by atoms with E-state index in [0.29, 0.717) is 50.0 Å². The van der Waals surface area contributed by atoms with Gasteiger partial charge in [0.25, 0.3) is 5.69 Å². The van der Waals surface area contributed by atoms with Crippen LogP contribution in [0.5, 0.6) is 0 Å². The Bertz CT molecular complexity index is 1260. The number of hydrogen-bond acceptors (Lipinski definition) is 7. The van der Waals surface area contributed by atoms with Gasteiger partial charge in [0, 0.05) is 48.2 Å². The standard InChI is InChI=1S/C28H32F3N5O4/c1-18-14-22(6-9-26(18)36(38)39)34-21-10-12-35(13-11-21)27(37)17-40-24-7-4-20(5-8-24)33-23-3-2-19(16-32)25(15-23)28(29,30)31/h2-3,6,9,14-15,20-21,24,33-34H,4-5,7-8,10-13,17H2,1H3. The molecular weight excluding hydrogens is 527 g/mol. The average molecular weight is 560 g/mol. The molecule has 214 valence electrons. The number of halogens is 3. The highest BCUT2D eigenvalue weighted by atomic mass is 19.4. The van der Waals surface area contributed by atoms with Crippen LogP contribution in [-0.4, -0.2) is 53.6 Å². The summed E-state index contributed by atoms with van der Waals surface area (Å²) in [5.74, 6) is -0.0675. The number of nitro groups is 1. The maximum absolute atomic E-state index is 13.2. The molecule has 2 aromatic rings. The Morgan fingerprint density at radius 3 is 2.23 bits per heavy atom. The van der Waals surface area contributed by atoms with Crippen LogP contribution in [-0.2, 0) is 15.7 Å². The molecule has 2 aromatic carbocycles. The molecular formula is C28H32F3N5O4. The van der Waals surface area contributed by atoms with E-state index < -0.39 is 22.2 Å². The Labute approximate surface area is 230 Å². The van der Waals surface area contributed by atoms with Crippen molar-refractivity contribution in [2.24, 2.45) is 0 Å². The average Bonchev–Trinajstić information content (AvgIpc) is 2.92. The first-order valence-corrected chi connectivity index (χ1v) is 13.3. The normalized spacial score (nSPS) is 20.0. The first-order chi connectivity index (χ1) is 19.0. The van der Waals surface area contributed by atoms with Crippen LogP contribution in [0.25, 0.3) is 0 Å². The summed E-state index contributed by atoms with van der Waals surface area (Å²) in [7, 11) is 0. The van der Waals surface area contributed by atoms with Gasteiger partial charge in [0.15, 0.2) is 0 Å². The molecule has 0 aromatic heterocycles. The maximum Gasteiger partial charge on any atom is 0.417 e. The number of anilines is 2. The molecule has 4 rings (SSSR count). The number of benzene rings is 2. The molecule has 1 aliphatic heterocycles. The summed E-state index contributed by atoms with van der Waals surface area (Å²) >= 11 is 0. The van der Waals surface area contributed by atoms with Gasteiger partial charge in [0.2, 0.25) is 5.91 Å². The number of likely N-dealkylation sites (tertiary alicyclic amines) is 1. The van der Waals surface area contributed by atoms with Gasteiger partial charge in [-0.1, -0.05) is 0 Å². The molecule has 2 aliphatic rings. The van der Waals surface area contributed by atoms with E-state index in [1.807, 2.05) is 0 Å². The molecule has 9 nitrogen and oxygen atoms in total. The number of aryl methyl sites for hydroxylation is 1. The van der Waals surface area contributed by atoms with Crippen molar-refractivity contribution in [1.29, 1.82) is 5.26 Å². The monoisotopic (exact) mass is 559 g/mol. The van der Waals surface area contributed by atoms with Gasteiger partial charge in [-0.2, -0.15) is 18.4 Å². The summed E-state index contributed by atoms with van der Waals surface area (Å²) in [4.78, 5) is 25.1. The Morgan fingerprint density at radius 2 is 1.65 bits per heavy atom. The van der Waals surface area contributed by atoms with Crippen molar-refractivity contribution in [3.63, 3.8) is 0 Å². The molecule has 0 bridgehead atoms. The third-order valence-electron chi connectivity index (χ3n) is 7.54. The lowest BCUT2D eigenvalue weighted by molar-refractivity contribution is -0.385. The SMILES string of the molecule is Cc1cc(NC2CCN(C(=O)COC3CCC(Nc4ccc(C#N)c(C(F)(F)F)c4)CC3)CC2)ccc1[N+](=O)[O-]. The second-order valence-corrected chi connectivity index (χ2v) is 10.4. The number of piperidine rings is 1. The molecule has 1 aliphatic carbocycles. The molecule has 1 saturated heterocycles. The summed E-state index contributed by atoms with van der Waals surface area (Å²) in [5, 5.41) is 26.5. The molecule has 1 amide bonds. The number of rotatable bonds is 8. The van der Waals surface area contributed by atoms with Crippen molar-refractivity contribution in [3.8, 4) is 6.07 Å². The van der Waals surface area contributed by atoms with Gasteiger partial charge in [0.05, 0.1) is 28.2 Å². The number of nitriles is 1. The van der Waals surface area contributed by atoms with E-state index in [1.54, 1.807) is 30.0 Å². The molecule has 1 heterocycles. The molecule has 1 saturated carbocycles. The highest BCUT2D eigenvalue weighted by Crippen LogP contribution is 2.34. The van der Waals surface area contributed by atoms with Crippen LogP contribution >= 0.6 is 0 Å². The van der Waals surface area contributed by atoms with Crippen LogP contribution < -0.4 is 10.6 Å². The van der Waals surface area contributed by atoms with E-state index in [0.717, 1.165) is 24.6 Å². The highest BCUT2D eigenvalue weighted by Gasteiger charge is 2.34. The predicted molar refractivity (Wildman–Crippen MR) is 143 cm³/mol. The Kier molecular flexibility index (Phi) is 9.14. The number of hydrogen-bond donors (Lipinski definition) is 2. The van der Waals surface area contributed by atoms with E-state index in [-0.39, 0.29) is 36.4 Å². The number of carbonyl (C=O) groups is 1. The van der Waals surface area contributed by atoms with Crippen LogP contribution in [0.2, 0.25) is 0 Å². The van der Waals surface area contributed by atoms with Crippen LogP contribution in [0.15, 0.2) is 36.4 Å². The van der Waals surface area contributed by atoms with Gasteiger partial charge in [-0.25, -0.2) is 0 Å². The summed E-state index contributed by atoms with van der Waals surface area (Å²) < 4.78 is 45.6. The van der Waals surface area contributed by atoms with Gasteiger partial charge >= 0.3 is 6.18 Å². The van der Waals surface area contributed by atoms with Gasteiger partial charge < -0.3 is 20.3 Å². The van der Waals surface area contributed by atoms with Gasteiger partial charge in [0.1, 0.15) is 6.61 Å². The van der Waals surface area contributed by atoms with Crippen molar-refractivity contribution < 1.29 is 27.6 Å². The lowest BCUT2D eigenvalue weighted by Crippen LogP contribution is -2.44. The van der Waals surface area contributed by atoms with Crippen molar-refractivity contribution in [2.75, 3.05) is 30.3 Å². The minimum atomic E-state index is -4.60. The number of nitrogens with one attached hydrogen (secondary N) is 2. The van der Waals surface area contributed by atoms with Gasteiger partial charge in [-0.15, -0.1) is 0 Å². The predicted octanol–water partition coefficient (Wildman–Crippen LogP) is 5.64. The topological polar surface area (TPSA) is 121 Å². The minimum Gasteiger partial charge on any atom is -0.382 e. The number of carbonyl (C=O) groups excluding carboxylic acids is 1. The van der Waals surface area contributed by atoms with Crippen LogP contribution in [0.3, 0.4) is 0 Å². The van der Waals surface area contributed by atoms with Crippen LogP contribution in [0, 0.1) is 28.4 Å². The first kappa shape index (κ1) is 29.1. The highest BCUT2D eigenvalue weighted by molar-refractivity contribution is 5.77. The number of ether oxygens (including phenoxy) is 1. The molecule has 2 fully saturated rings. The van der Waals surface area contributed by atoms with Crippen molar-refractivity contribution in [3.05, 3.63) is 63.2 Å². The smallest absolute Gasteiger partial charge is 0.382 e. The third kappa shape index (κ3) is 7.41. The fourth-order valence-electron chi connectivity index (χ4n) is 5.32. The minimum absolute atomic E-state index is 0.00698. The zero-order chi connectivity index (χ0) is 28.9. The second kappa shape index (κ2) is 12.6. The first-order valence-electron chi connectivity index (χ1n) is 13.3. The largest absolute Gasteiger partial charge is 0.417 e. The van der Waals surface area contributed by atoms with Crippen molar-refractivity contribution in [1.82, 2.24) is 4.90 Å². The van der Waals surface area contributed by atoms with Gasteiger partial charge in [-0.3, -0.25) is 14.9 Å². The van der Waals surface area contributed by atoms with Crippen LogP contribution in [0.4, 0.5) is 30.2 Å². The summed E-state index contributed by atoms with van der Waals surface area (Å²) in [6, 6.07) is 10.3. The van der Waals surface area contributed by atoms with E-state index in [4.69, 9.17) is 10.00 Å². The summed E-state index contributed by atoms with van der Waals surface area (Å²) in [6.07, 6.45) is -0.411. The molecule has 0 unspecified atom stereocenters. The number of amides is 1. The number of nitrogens with zero attached hydrogens (tertiary/aromatic N) is 3. The lowest BCUT2D eigenvalue weighted by Gasteiger charge is -2.34. The molecule has 0 atom stereocenters. The zero-order valence-electron chi connectivity index (χ0n) is 22.2. The third-order valence-corrected chi connectivity index (χ3v) is 7.54. The van der Waals surface area contributed by atoms with E-state index in [1.165, 1.54) is 18.2 Å². The van der Waals surface area contributed by atoms with Gasteiger partial charge in [-0.05, 0) is 75.8 Å². The summed E-state index contributed by atoms with van der Waals surface area (Å²) in [5.41, 5.74) is 0.474. The maximum atomic E-state index is 13.2. The van der Waals surface area contributed by atoms with Crippen molar-refractivity contribution >= 4 is 23.0 Å². The fraction of sp³-hybridized carbons (Fsp3) is 0.500. The summed E-state index contributed by atoms with van der Waals surface area (Å²) in [6.45, 7) is 2.88. The molecule has 0 spiro atoms. The molecule has 12 heteroatoms. The quantitative estimate of drug-likeness (QED) is 0.317. The Hall–Kier alpha value is -3.85. The molecule has 2 N–H and O–H groups in total. The van der Waals surface area contributed by atoms with E-state index in [9.17, 15) is 28.1 Å². The zero-order valence-corrected chi connectivity index (χ0v) is 22.2. The lowest BCUT2D eigenvalue weighted by atomic mass is 9.92.